The van der Waals surface area contributed by atoms with Crippen molar-refractivity contribution < 1.29 is 14.6 Å². The zero-order chi connectivity index (χ0) is 12.4. The molecule has 0 radical (unpaired) electrons. The Morgan fingerprint density at radius 2 is 2.35 bits per heavy atom. The van der Waals surface area contributed by atoms with Gasteiger partial charge < -0.3 is 14.7 Å². The maximum absolute atomic E-state index is 12.2. The molecule has 0 bridgehead atoms. The lowest BCUT2D eigenvalue weighted by molar-refractivity contribution is 0.0761. The van der Waals surface area contributed by atoms with Gasteiger partial charge in [-0.1, -0.05) is 11.6 Å². The van der Waals surface area contributed by atoms with Gasteiger partial charge in [-0.2, -0.15) is 0 Å². The van der Waals surface area contributed by atoms with Gasteiger partial charge in [0.1, 0.15) is 5.75 Å². The van der Waals surface area contributed by atoms with Crippen molar-refractivity contribution in [2.45, 2.75) is 12.5 Å². The van der Waals surface area contributed by atoms with Gasteiger partial charge in [0, 0.05) is 18.1 Å². The van der Waals surface area contributed by atoms with Crippen LogP contribution in [0.5, 0.6) is 5.75 Å². The summed E-state index contributed by atoms with van der Waals surface area (Å²) in [5, 5.41) is 9.95. The van der Waals surface area contributed by atoms with E-state index in [0.29, 0.717) is 35.8 Å². The fourth-order valence-electron chi connectivity index (χ4n) is 1.94. The van der Waals surface area contributed by atoms with Gasteiger partial charge in [-0.25, -0.2) is 0 Å². The molecule has 1 aliphatic rings. The molecule has 17 heavy (non-hydrogen) atoms. The van der Waals surface area contributed by atoms with E-state index >= 15 is 0 Å². The third kappa shape index (κ3) is 2.53. The highest BCUT2D eigenvalue weighted by molar-refractivity contribution is 6.30. The Hall–Kier alpha value is -1.26. The third-order valence-corrected chi connectivity index (χ3v) is 3.08. The Labute approximate surface area is 105 Å². The Kier molecular flexibility index (Phi) is 3.54. The maximum Gasteiger partial charge on any atom is 0.257 e. The van der Waals surface area contributed by atoms with Gasteiger partial charge in [0.05, 0.1) is 18.8 Å². The first-order chi connectivity index (χ1) is 8.11. The molecule has 1 aliphatic heterocycles. The molecule has 1 amide bonds. The van der Waals surface area contributed by atoms with E-state index in [4.69, 9.17) is 16.3 Å². The third-order valence-electron chi connectivity index (χ3n) is 2.84. The quantitative estimate of drug-likeness (QED) is 0.873. The molecule has 0 unspecified atom stereocenters. The molecule has 92 valence electrons. The monoisotopic (exact) mass is 255 g/mol. The number of benzene rings is 1. The molecular formula is C12H14ClNO3. The highest BCUT2D eigenvalue weighted by Gasteiger charge is 2.27. The van der Waals surface area contributed by atoms with Crippen LogP contribution in [-0.2, 0) is 0 Å². The molecule has 1 N–H and O–H groups in total. The Balaban J connectivity index is 2.24. The molecule has 0 spiro atoms. The van der Waals surface area contributed by atoms with E-state index in [0.717, 1.165) is 0 Å². The smallest absolute Gasteiger partial charge is 0.257 e. The Morgan fingerprint density at radius 3 is 2.94 bits per heavy atom. The van der Waals surface area contributed by atoms with Crippen LogP contribution in [0, 0.1) is 0 Å². The van der Waals surface area contributed by atoms with E-state index in [2.05, 4.69) is 0 Å². The molecule has 2 rings (SSSR count). The van der Waals surface area contributed by atoms with Crippen molar-refractivity contribution in [1.82, 2.24) is 4.90 Å². The van der Waals surface area contributed by atoms with Gasteiger partial charge >= 0.3 is 0 Å². The second-order valence-corrected chi connectivity index (χ2v) is 4.47. The average molecular weight is 256 g/mol. The van der Waals surface area contributed by atoms with Gasteiger partial charge in [0.2, 0.25) is 0 Å². The number of β-amino-alcohol motifs (C(OH)–C–C–N with tert-alkyl or cyclic N) is 1. The lowest BCUT2D eigenvalue weighted by atomic mass is 10.2. The second kappa shape index (κ2) is 4.94. The van der Waals surface area contributed by atoms with Crippen molar-refractivity contribution in [3.05, 3.63) is 28.8 Å². The number of rotatable bonds is 2. The highest BCUT2D eigenvalue weighted by Crippen LogP contribution is 2.25. The topological polar surface area (TPSA) is 49.8 Å². The summed E-state index contributed by atoms with van der Waals surface area (Å²) in [7, 11) is 1.50. The summed E-state index contributed by atoms with van der Waals surface area (Å²) in [6, 6.07) is 4.92. The molecule has 0 aliphatic carbocycles. The summed E-state index contributed by atoms with van der Waals surface area (Å²) in [5.74, 6) is 0.332. The number of hydrogen-bond acceptors (Lipinski definition) is 3. The number of amides is 1. The van der Waals surface area contributed by atoms with Crippen LogP contribution in [0.25, 0.3) is 0 Å². The second-order valence-electron chi connectivity index (χ2n) is 4.04. The normalized spacial score (nSPS) is 19.5. The summed E-state index contributed by atoms with van der Waals surface area (Å²) >= 11 is 5.84. The molecule has 4 nitrogen and oxygen atoms in total. The molecule has 1 atom stereocenters. The summed E-state index contributed by atoms with van der Waals surface area (Å²) in [4.78, 5) is 13.8. The van der Waals surface area contributed by atoms with Gasteiger partial charge in [-0.05, 0) is 24.6 Å². The maximum atomic E-state index is 12.2. The first-order valence-corrected chi connectivity index (χ1v) is 5.80. The van der Waals surface area contributed by atoms with Gasteiger partial charge in [0.15, 0.2) is 0 Å². The number of ether oxygens (including phenoxy) is 1. The van der Waals surface area contributed by atoms with Crippen LogP contribution in [0.1, 0.15) is 16.8 Å². The minimum absolute atomic E-state index is 0.130. The SMILES string of the molecule is COc1cc(Cl)ccc1C(=O)N1CC[C@@H](O)C1. The van der Waals surface area contributed by atoms with Crippen molar-refractivity contribution in [3.63, 3.8) is 0 Å². The van der Waals surface area contributed by atoms with E-state index in [-0.39, 0.29) is 5.91 Å². The number of methoxy groups -OCH3 is 1. The molecular weight excluding hydrogens is 242 g/mol. The number of nitrogens with zero attached hydrogens (tertiary/aromatic N) is 1. The van der Waals surface area contributed by atoms with Crippen molar-refractivity contribution in [2.24, 2.45) is 0 Å². The van der Waals surface area contributed by atoms with E-state index in [1.165, 1.54) is 7.11 Å². The number of carbonyl (C=O) groups is 1. The lowest BCUT2D eigenvalue weighted by Crippen LogP contribution is -2.29. The molecule has 1 heterocycles. The average Bonchev–Trinajstić information content (AvgIpc) is 2.75. The fourth-order valence-corrected chi connectivity index (χ4v) is 2.10. The number of halogens is 1. The standard InChI is InChI=1S/C12H14ClNO3/c1-17-11-6-8(13)2-3-10(11)12(16)14-5-4-9(15)7-14/h2-3,6,9,15H,4-5,7H2,1H3/t9-/m1/s1. The van der Waals surface area contributed by atoms with Crippen LogP contribution >= 0.6 is 11.6 Å². The molecule has 1 aromatic rings. The zero-order valence-corrected chi connectivity index (χ0v) is 10.3. The number of hydrogen-bond donors (Lipinski definition) is 1. The Morgan fingerprint density at radius 1 is 1.59 bits per heavy atom. The summed E-state index contributed by atoms with van der Waals surface area (Å²) in [5.41, 5.74) is 0.478. The molecule has 1 fully saturated rings. The van der Waals surface area contributed by atoms with Crippen molar-refractivity contribution >= 4 is 17.5 Å². The fraction of sp³-hybridized carbons (Fsp3) is 0.417. The van der Waals surface area contributed by atoms with Gasteiger partial charge in [0.25, 0.3) is 5.91 Å². The van der Waals surface area contributed by atoms with Crippen molar-refractivity contribution in [3.8, 4) is 5.75 Å². The summed E-state index contributed by atoms with van der Waals surface area (Å²) in [6.45, 7) is 0.955. The van der Waals surface area contributed by atoms with Crippen LogP contribution in [0.15, 0.2) is 18.2 Å². The molecule has 1 saturated heterocycles. The zero-order valence-electron chi connectivity index (χ0n) is 9.52. The molecule has 1 aromatic carbocycles. The van der Waals surface area contributed by atoms with Crippen molar-refractivity contribution in [1.29, 1.82) is 0 Å². The lowest BCUT2D eigenvalue weighted by Gasteiger charge is -2.17. The van der Waals surface area contributed by atoms with Crippen LogP contribution in [0.4, 0.5) is 0 Å². The van der Waals surface area contributed by atoms with E-state index in [9.17, 15) is 9.90 Å². The predicted octanol–water partition coefficient (Wildman–Crippen LogP) is 1.56. The number of likely N-dealkylation sites (tertiary alicyclic amines) is 1. The molecule has 5 heteroatoms. The van der Waals surface area contributed by atoms with Crippen molar-refractivity contribution in [2.75, 3.05) is 20.2 Å². The minimum Gasteiger partial charge on any atom is -0.496 e. The number of carbonyl (C=O) groups excluding carboxylic acids is 1. The van der Waals surface area contributed by atoms with Crippen LogP contribution in [0.2, 0.25) is 5.02 Å². The minimum atomic E-state index is -0.419. The molecule has 0 aromatic heterocycles. The Bertz CT molecular complexity index is 436. The van der Waals surface area contributed by atoms with Crippen LogP contribution in [-0.4, -0.2) is 42.2 Å². The first kappa shape index (κ1) is 12.2. The first-order valence-electron chi connectivity index (χ1n) is 5.42. The van der Waals surface area contributed by atoms with Crippen LogP contribution in [0.3, 0.4) is 0 Å². The summed E-state index contributed by atoms with van der Waals surface area (Å²) < 4.78 is 5.14. The molecule has 0 saturated carbocycles. The van der Waals surface area contributed by atoms with Gasteiger partial charge in [-0.15, -0.1) is 0 Å². The van der Waals surface area contributed by atoms with E-state index in [1.807, 2.05) is 0 Å². The van der Waals surface area contributed by atoms with E-state index < -0.39 is 6.10 Å². The van der Waals surface area contributed by atoms with Gasteiger partial charge in [-0.3, -0.25) is 4.79 Å². The highest BCUT2D eigenvalue weighted by atomic mass is 35.5. The van der Waals surface area contributed by atoms with E-state index in [1.54, 1.807) is 23.1 Å². The number of aliphatic hydroxyl groups excluding tert-OH is 1. The number of aliphatic hydroxyl groups is 1. The predicted molar refractivity (Wildman–Crippen MR) is 64.5 cm³/mol. The summed E-state index contributed by atoms with van der Waals surface area (Å²) in [6.07, 6.45) is 0.207. The van der Waals surface area contributed by atoms with Crippen LogP contribution < -0.4 is 4.74 Å². The largest absolute Gasteiger partial charge is 0.496 e.